The van der Waals surface area contributed by atoms with E-state index in [-0.39, 0.29) is 34.7 Å². The molecule has 2 aromatic rings. The van der Waals surface area contributed by atoms with Crippen LogP contribution in [0.1, 0.15) is 28.8 Å². The lowest BCUT2D eigenvalue weighted by Crippen LogP contribution is -2.44. The van der Waals surface area contributed by atoms with Gasteiger partial charge in [-0.2, -0.15) is 0 Å². The minimum atomic E-state index is -2.95. The first-order valence-corrected chi connectivity index (χ1v) is 14.0. The Balaban J connectivity index is 1.09. The molecule has 1 amide bonds. The molecule has 33 heavy (non-hydrogen) atoms. The van der Waals surface area contributed by atoms with Gasteiger partial charge in [0.25, 0.3) is 5.91 Å². The fourth-order valence-electron chi connectivity index (χ4n) is 4.59. The molecule has 0 spiro atoms. The Morgan fingerprint density at radius 3 is 2.45 bits per heavy atom. The van der Waals surface area contributed by atoms with E-state index >= 15 is 0 Å². The molecule has 9 heteroatoms. The summed E-state index contributed by atoms with van der Waals surface area (Å²) in [5, 5.41) is 7.19. The minimum Gasteiger partial charge on any atom is -0.349 e. The zero-order chi connectivity index (χ0) is 22.8. The van der Waals surface area contributed by atoms with Crippen LogP contribution < -0.4 is 10.6 Å². The van der Waals surface area contributed by atoms with Gasteiger partial charge in [0.05, 0.1) is 17.5 Å². The van der Waals surface area contributed by atoms with Gasteiger partial charge in [-0.05, 0) is 42.7 Å². The van der Waals surface area contributed by atoms with E-state index in [1.165, 1.54) is 17.3 Å². The third-order valence-corrected chi connectivity index (χ3v) is 9.53. The van der Waals surface area contributed by atoms with E-state index in [1.54, 1.807) is 0 Å². The van der Waals surface area contributed by atoms with Crippen LogP contribution in [0.2, 0.25) is 0 Å². The van der Waals surface area contributed by atoms with Crippen molar-refractivity contribution in [3.05, 3.63) is 65.7 Å². The average molecular weight is 485 g/mol. The molecule has 3 aliphatic heterocycles. The molecule has 0 aromatic heterocycles. The molecule has 3 aliphatic rings. The fraction of sp³-hybridized carbons (Fsp3) is 0.417. The highest BCUT2D eigenvalue weighted by Gasteiger charge is 2.42. The largest absolute Gasteiger partial charge is 0.349 e. The van der Waals surface area contributed by atoms with Crippen molar-refractivity contribution in [3.63, 3.8) is 0 Å². The van der Waals surface area contributed by atoms with Gasteiger partial charge in [-0.25, -0.2) is 8.42 Å². The number of carbonyl (C=O) groups is 1. The molecule has 2 saturated heterocycles. The molecular formula is C24H28N4O3S2. The molecule has 2 atom stereocenters. The number of benzene rings is 2. The first-order valence-electron chi connectivity index (χ1n) is 11.3. The number of carbonyl (C=O) groups excluding carboxylic acids is 1. The molecule has 5 rings (SSSR count). The van der Waals surface area contributed by atoms with Crippen molar-refractivity contribution >= 4 is 38.4 Å². The summed E-state index contributed by atoms with van der Waals surface area (Å²) in [6.07, 6.45) is 1.90. The zero-order valence-corrected chi connectivity index (χ0v) is 19.9. The fourth-order valence-corrected chi connectivity index (χ4v) is 8.27. The van der Waals surface area contributed by atoms with Crippen molar-refractivity contribution in [2.45, 2.75) is 36.7 Å². The zero-order valence-electron chi connectivity index (χ0n) is 18.3. The molecule has 7 nitrogen and oxygen atoms in total. The van der Waals surface area contributed by atoms with Gasteiger partial charge in [-0.15, -0.1) is 0 Å². The van der Waals surface area contributed by atoms with Crippen LogP contribution >= 0.6 is 11.8 Å². The molecule has 0 unspecified atom stereocenters. The highest BCUT2D eigenvalue weighted by Crippen LogP contribution is 2.34. The van der Waals surface area contributed by atoms with E-state index < -0.39 is 9.84 Å². The van der Waals surface area contributed by atoms with Crippen LogP contribution in [-0.4, -0.2) is 66.3 Å². The molecule has 2 fully saturated rings. The normalized spacial score (nSPS) is 24.8. The molecule has 0 aliphatic carbocycles. The van der Waals surface area contributed by atoms with Crippen LogP contribution in [0.3, 0.4) is 0 Å². The van der Waals surface area contributed by atoms with Crippen molar-refractivity contribution < 1.29 is 13.2 Å². The van der Waals surface area contributed by atoms with E-state index in [4.69, 9.17) is 0 Å². The standard InChI is InChI=1S/C24H28N4O3S2/c29-23(25-20-10-12-28(13-11-20)14-17-4-2-1-3-5-17)18-6-8-19(9-7-18)26-24-27-21-15-33(30,31)16-22(21)32-24/h1-9,20-22H,10-16H2,(H,25,29)(H,26,27)/t21-,22-/m0/s1. The van der Waals surface area contributed by atoms with Gasteiger partial charge >= 0.3 is 0 Å². The van der Waals surface area contributed by atoms with Gasteiger partial charge < -0.3 is 10.6 Å². The maximum absolute atomic E-state index is 12.7. The van der Waals surface area contributed by atoms with Crippen LogP contribution in [0.15, 0.2) is 59.6 Å². The summed E-state index contributed by atoms with van der Waals surface area (Å²) < 4.78 is 23.4. The predicted octanol–water partition coefficient (Wildman–Crippen LogP) is 2.76. The van der Waals surface area contributed by atoms with Crippen molar-refractivity contribution in [3.8, 4) is 0 Å². The van der Waals surface area contributed by atoms with E-state index in [9.17, 15) is 13.2 Å². The van der Waals surface area contributed by atoms with E-state index in [0.29, 0.717) is 5.56 Å². The number of nitrogens with one attached hydrogen (secondary N) is 2. The highest BCUT2D eigenvalue weighted by atomic mass is 32.2. The smallest absolute Gasteiger partial charge is 0.251 e. The quantitative estimate of drug-likeness (QED) is 0.678. The Morgan fingerprint density at radius 1 is 1.03 bits per heavy atom. The lowest BCUT2D eigenvalue weighted by molar-refractivity contribution is 0.0909. The summed E-state index contributed by atoms with van der Waals surface area (Å²) in [6, 6.07) is 17.9. The maximum Gasteiger partial charge on any atom is 0.251 e. The van der Waals surface area contributed by atoms with E-state index in [0.717, 1.165) is 43.3 Å². The molecule has 0 saturated carbocycles. The number of fused-ring (bicyclic) bond motifs is 1. The number of rotatable bonds is 5. The Morgan fingerprint density at radius 2 is 1.76 bits per heavy atom. The summed E-state index contributed by atoms with van der Waals surface area (Å²) in [5.41, 5.74) is 2.80. The predicted molar refractivity (Wildman–Crippen MR) is 134 cm³/mol. The molecule has 0 radical (unpaired) electrons. The van der Waals surface area contributed by atoms with Gasteiger partial charge in [-0.3, -0.25) is 14.7 Å². The minimum absolute atomic E-state index is 0.0154. The second-order valence-electron chi connectivity index (χ2n) is 8.95. The number of nitrogens with zero attached hydrogens (tertiary/aromatic N) is 2. The maximum atomic E-state index is 12.7. The molecule has 2 N–H and O–H groups in total. The Kier molecular flexibility index (Phi) is 6.44. The third-order valence-electron chi connectivity index (χ3n) is 6.39. The van der Waals surface area contributed by atoms with Gasteiger partial charge in [0.15, 0.2) is 15.0 Å². The average Bonchev–Trinajstić information content (AvgIpc) is 3.28. The Bertz CT molecular complexity index is 1130. The van der Waals surface area contributed by atoms with Crippen LogP contribution in [0, 0.1) is 0 Å². The number of sulfone groups is 1. The Labute approximate surface area is 199 Å². The first kappa shape index (κ1) is 22.4. The summed E-state index contributed by atoms with van der Waals surface area (Å²) >= 11 is 1.49. The van der Waals surface area contributed by atoms with Crippen molar-refractivity contribution in [2.75, 3.05) is 29.9 Å². The summed E-state index contributed by atoms with van der Waals surface area (Å²) in [4.78, 5) is 19.7. The monoisotopic (exact) mass is 484 g/mol. The molecule has 0 bridgehead atoms. The lowest BCUT2D eigenvalue weighted by atomic mass is 10.0. The molecule has 174 valence electrons. The summed E-state index contributed by atoms with van der Waals surface area (Å²) in [5.74, 6) is 0.289. The number of amides is 1. The van der Waals surface area contributed by atoms with Gasteiger partial charge in [-0.1, -0.05) is 42.1 Å². The number of hydrogen-bond donors (Lipinski definition) is 2. The topological polar surface area (TPSA) is 90.9 Å². The van der Waals surface area contributed by atoms with Crippen LogP contribution in [-0.2, 0) is 16.4 Å². The van der Waals surface area contributed by atoms with Gasteiger partial charge in [0.2, 0.25) is 0 Å². The van der Waals surface area contributed by atoms with Crippen LogP contribution in [0.5, 0.6) is 0 Å². The van der Waals surface area contributed by atoms with Crippen LogP contribution in [0.4, 0.5) is 5.69 Å². The second-order valence-corrected chi connectivity index (χ2v) is 12.3. The number of thioether (sulfide) groups is 1. The molecule has 2 aromatic carbocycles. The lowest BCUT2D eigenvalue weighted by Gasteiger charge is -2.32. The number of anilines is 1. The number of hydrogen-bond acceptors (Lipinski definition) is 7. The van der Waals surface area contributed by atoms with E-state index in [1.807, 2.05) is 30.3 Å². The number of piperidine rings is 1. The van der Waals surface area contributed by atoms with Crippen molar-refractivity contribution in [2.24, 2.45) is 4.99 Å². The second kappa shape index (κ2) is 9.48. The van der Waals surface area contributed by atoms with Crippen molar-refractivity contribution in [1.29, 1.82) is 0 Å². The molecular weight excluding hydrogens is 456 g/mol. The Hall–Kier alpha value is -2.36. The highest BCUT2D eigenvalue weighted by molar-refractivity contribution is 8.15. The number of likely N-dealkylation sites (tertiary alicyclic amines) is 1. The number of aliphatic imine (C=N–C) groups is 1. The van der Waals surface area contributed by atoms with Crippen LogP contribution in [0.25, 0.3) is 0 Å². The SMILES string of the molecule is O=C(NC1CCN(Cc2ccccc2)CC1)c1ccc(NC2=N[C@H]3CS(=O)(=O)C[C@@H]3S2)cc1. The van der Waals surface area contributed by atoms with Crippen molar-refractivity contribution in [1.82, 2.24) is 10.2 Å². The summed E-state index contributed by atoms with van der Waals surface area (Å²) in [6.45, 7) is 2.91. The number of amidine groups is 1. The molecule has 3 heterocycles. The van der Waals surface area contributed by atoms with Gasteiger partial charge in [0, 0.05) is 42.2 Å². The first-order chi connectivity index (χ1) is 15.9. The van der Waals surface area contributed by atoms with Gasteiger partial charge in [0.1, 0.15) is 0 Å². The van der Waals surface area contributed by atoms with E-state index in [2.05, 4.69) is 44.8 Å². The third kappa shape index (κ3) is 5.59. The summed E-state index contributed by atoms with van der Waals surface area (Å²) in [7, 11) is -2.95.